The van der Waals surface area contributed by atoms with Crippen LogP contribution in [0.3, 0.4) is 0 Å². The monoisotopic (exact) mass is 265 g/mol. The number of nitrogens with two attached hydrogens (primary N) is 1. The quantitative estimate of drug-likeness (QED) is 0.909. The third-order valence-corrected chi connectivity index (χ3v) is 3.37. The van der Waals surface area contributed by atoms with Crippen molar-refractivity contribution in [3.63, 3.8) is 0 Å². The van der Waals surface area contributed by atoms with Gasteiger partial charge in [-0.05, 0) is 26.8 Å². The summed E-state index contributed by atoms with van der Waals surface area (Å²) in [5, 5.41) is 0. The first-order chi connectivity index (χ1) is 8.91. The molecule has 2 N–H and O–H groups in total. The van der Waals surface area contributed by atoms with E-state index in [0.717, 1.165) is 23.5 Å². The third-order valence-electron chi connectivity index (χ3n) is 3.37. The van der Waals surface area contributed by atoms with Gasteiger partial charge in [0, 0.05) is 31.2 Å². The number of rotatable bonds is 4. The zero-order chi connectivity index (χ0) is 14.0. The Morgan fingerprint density at radius 2 is 2.21 bits per heavy atom. The topological polar surface area (TPSA) is 53.7 Å². The molecule has 4 nitrogen and oxygen atoms in total. The lowest BCUT2D eigenvalue weighted by Gasteiger charge is -2.36. The summed E-state index contributed by atoms with van der Waals surface area (Å²) in [6, 6.07) is 5.86. The van der Waals surface area contributed by atoms with E-state index in [2.05, 4.69) is 13.8 Å². The number of ether oxygens (including phenoxy) is 3. The van der Waals surface area contributed by atoms with Crippen molar-refractivity contribution in [2.24, 2.45) is 5.73 Å². The molecule has 1 aliphatic heterocycles. The molecule has 0 fully saturated rings. The van der Waals surface area contributed by atoms with Gasteiger partial charge < -0.3 is 19.9 Å². The largest absolute Gasteiger partial charge is 0.491 e. The van der Waals surface area contributed by atoms with Gasteiger partial charge in [-0.3, -0.25) is 0 Å². The van der Waals surface area contributed by atoms with E-state index in [1.54, 1.807) is 7.11 Å². The maximum Gasteiger partial charge on any atom is 0.128 e. The van der Waals surface area contributed by atoms with E-state index in [0.29, 0.717) is 6.61 Å². The summed E-state index contributed by atoms with van der Waals surface area (Å²) < 4.78 is 16.8. The fourth-order valence-corrected chi connectivity index (χ4v) is 2.26. The molecule has 106 valence electrons. The molecule has 1 aliphatic rings. The molecule has 0 amide bonds. The maximum atomic E-state index is 6.17. The predicted molar refractivity (Wildman–Crippen MR) is 74.7 cm³/mol. The summed E-state index contributed by atoms with van der Waals surface area (Å²) in [5.74, 6) is 1.61. The minimum atomic E-state index is -0.231. The summed E-state index contributed by atoms with van der Waals surface area (Å²) in [5.41, 5.74) is 6.99. The number of hydrogen-bond acceptors (Lipinski definition) is 4. The van der Waals surface area contributed by atoms with Crippen LogP contribution in [0.2, 0.25) is 0 Å². The summed E-state index contributed by atoms with van der Waals surface area (Å²) in [6.07, 6.45) is 0.886. The average Bonchev–Trinajstić information content (AvgIpc) is 2.33. The molecule has 2 rings (SSSR count). The third kappa shape index (κ3) is 3.39. The standard InChI is InChI=1S/C15H23NO3/c1-10(17-4)9-18-11-5-6-12-13(16)8-15(2,3)19-14(12)7-11/h5-7,10,13H,8-9,16H2,1-4H3. The SMILES string of the molecule is COC(C)COc1ccc2c(c1)OC(C)(C)CC2N. The van der Waals surface area contributed by atoms with Crippen molar-refractivity contribution in [2.45, 2.75) is 44.9 Å². The van der Waals surface area contributed by atoms with Crippen LogP contribution in [0.4, 0.5) is 0 Å². The van der Waals surface area contributed by atoms with Crippen molar-refractivity contribution >= 4 is 0 Å². The van der Waals surface area contributed by atoms with Gasteiger partial charge in [-0.1, -0.05) is 6.07 Å². The van der Waals surface area contributed by atoms with Gasteiger partial charge in [0.15, 0.2) is 0 Å². The van der Waals surface area contributed by atoms with Gasteiger partial charge in [-0.2, -0.15) is 0 Å². The predicted octanol–water partition coefficient (Wildman–Crippen LogP) is 2.66. The van der Waals surface area contributed by atoms with Gasteiger partial charge in [0.25, 0.3) is 0 Å². The maximum absolute atomic E-state index is 6.17. The van der Waals surface area contributed by atoms with Gasteiger partial charge in [0.05, 0.1) is 6.10 Å². The van der Waals surface area contributed by atoms with Crippen molar-refractivity contribution in [1.29, 1.82) is 0 Å². The van der Waals surface area contributed by atoms with Crippen molar-refractivity contribution in [3.05, 3.63) is 23.8 Å². The first-order valence-corrected chi connectivity index (χ1v) is 6.65. The number of benzene rings is 1. The fraction of sp³-hybridized carbons (Fsp3) is 0.600. The fourth-order valence-electron chi connectivity index (χ4n) is 2.26. The smallest absolute Gasteiger partial charge is 0.128 e. The summed E-state index contributed by atoms with van der Waals surface area (Å²) in [4.78, 5) is 0. The normalized spacial score (nSPS) is 22.3. The van der Waals surface area contributed by atoms with Crippen LogP contribution in [0.1, 0.15) is 38.8 Å². The van der Waals surface area contributed by atoms with E-state index in [9.17, 15) is 0 Å². The zero-order valence-electron chi connectivity index (χ0n) is 12.1. The number of hydrogen-bond donors (Lipinski definition) is 1. The molecule has 0 bridgehead atoms. The first kappa shape index (κ1) is 14.2. The summed E-state index contributed by atoms with van der Waals surface area (Å²) in [7, 11) is 1.67. The minimum Gasteiger partial charge on any atom is -0.491 e. The van der Waals surface area contributed by atoms with Crippen molar-refractivity contribution < 1.29 is 14.2 Å². The van der Waals surface area contributed by atoms with Crippen LogP contribution >= 0.6 is 0 Å². The second-order valence-electron chi connectivity index (χ2n) is 5.73. The van der Waals surface area contributed by atoms with E-state index in [1.165, 1.54) is 0 Å². The molecule has 1 aromatic rings. The molecule has 2 atom stereocenters. The second kappa shape index (κ2) is 5.39. The molecule has 0 aromatic heterocycles. The van der Waals surface area contributed by atoms with Crippen LogP contribution in [0.15, 0.2) is 18.2 Å². The highest BCUT2D eigenvalue weighted by Crippen LogP contribution is 2.39. The Kier molecular flexibility index (Phi) is 4.02. The molecule has 1 aromatic carbocycles. The van der Waals surface area contributed by atoms with Crippen LogP contribution < -0.4 is 15.2 Å². The highest BCUT2D eigenvalue weighted by Gasteiger charge is 2.31. The Bertz CT molecular complexity index is 445. The molecule has 0 spiro atoms. The summed E-state index contributed by atoms with van der Waals surface area (Å²) in [6.45, 7) is 6.59. The molecule has 4 heteroatoms. The minimum absolute atomic E-state index is 0.0192. The Morgan fingerprint density at radius 3 is 2.89 bits per heavy atom. The Hall–Kier alpha value is -1.26. The highest BCUT2D eigenvalue weighted by atomic mass is 16.5. The Morgan fingerprint density at radius 1 is 1.47 bits per heavy atom. The second-order valence-corrected chi connectivity index (χ2v) is 5.73. The van der Waals surface area contributed by atoms with Crippen LogP contribution in [0.5, 0.6) is 11.5 Å². The van der Waals surface area contributed by atoms with E-state index >= 15 is 0 Å². The van der Waals surface area contributed by atoms with Crippen LogP contribution in [-0.4, -0.2) is 25.4 Å². The molecular weight excluding hydrogens is 242 g/mol. The zero-order valence-corrected chi connectivity index (χ0v) is 12.1. The lowest BCUT2D eigenvalue weighted by atomic mass is 9.90. The molecule has 2 unspecified atom stereocenters. The molecule has 19 heavy (non-hydrogen) atoms. The van der Waals surface area contributed by atoms with Crippen molar-refractivity contribution in [1.82, 2.24) is 0 Å². The Balaban J connectivity index is 2.14. The first-order valence-electron chi connectivity index (χ1n) is 6.65. The van der Waals surface area contributed by atoms with Crippen molar-refractivity contribution in [3.8, 4) is 11.5 Å². The summed E-state index contributed by atoms with van der Waals surface area (Å²) >= 11 is 0. The van der Waals surface area contributed by atoms with E-state index < -0.39 is 0 Å². The molecular formula is C15H23NO3. The van der Waals surface area contributed by atoms with E-state index in [4.69, 9.17) is 19.9 Å². The van der Waals surface area contributed by atoms with E-state index in [1.807, 2.05) is 25.1 Å². The molecule has 0 aliphatic carbocycles. The lowest BCUT2D eigenvalue weighted by Crippen LogP contribution is -2.37. The van der Waals surface area contributed by atoms with Gasteiger partial charge in [0.2, 0.25) is 0 Å². The Labute approximate surface area is 114 Å². The van der Waals surface area contributed by atoms with Crippen LogP contribution in [0, 0.1) is 0 Å². The molecule has 0 saturated heterocycles. The molecule has 0 saturated carbocycles. The van der Waals surface area contributed by atoms with Crippen molar-refractivity contribution in [2.75, 3.05) is 13.7 Å². The van der Waals surface area contributed by atoms with Gasteiger partial charge >= 0.3 is 0 Å². The van der Waals surface area contributed by atoms with Crippen LogP contribution in [0.25, 0.3) is 0 Å². The molecule has 0 radical (unpaired) electrons. The lowest BCUT2D eigenvalue weighted by molar-refractivity contribution is 0.0666. The highest BCUT2D eigenvalue weighted by molar-refractivity contribution is 5.44. The van der Waals surface area contributed by atoms with Gasteiger partial charge in [-0.15, -0.1) is 0 Å². The number of methoxy groups -OCH3 is 1. The number of fused-ring (bicyclic) bond motifs is 1. The average molecular weight is 265 g/mol. The van der Waals surface area contributed by atoms with Gasteiger partial charge in [0.1, 0.15) is 23.7 Å². The molecule has 1 heterocycles. The van der Waals surface area contributed by atoms with E-state index in [-0.39, 0.29) is 17.7 Å². The van der Waals surface area contributed by atoms with Gasteiger partial charge in [-0.25, -0.2) is 0 Å². The van der Waals surface area contributed by atoms with Crippen LogP contribution in [-0.2, 0) is 4.74 Å².